The zero-order valence-electron chi connectivity index (χ0n) is 1.26. The van der Waals surface area contributed by atoms with E-state index < -0.39 is 0 Å². The second kappa shape index (κ2) is 8.99. The molecule has 0 aliphatic carbocycles. The minimum atomic E-state index is 0. The molecule has 3 heteroatoms. The van der Waals surface area contributed by atoms with Crippen LogP contribution >= 0.6 is 29.8 Å². The fraction of sp³-hybridized carbons (Fsp3) is 1.00. The molecule has 0 spiro atoms. The molecule has 0 aromatic heterocycles. The molecular weight excluding hydrogens is 114 g/mol. The summed E-state index contributed by atoms with van der Waals surface area (Å²) in [5.74, 6) is 0. The lowest BCUT2D eigenvalue weighted by molar-refractivity contribution is 2.50. The molecule has 0 nitrogen and oxygen atoms in total. The molecule has 0 saturated carbocycles. The Bertz CT molecular complexity index is 6.00. The van der Waals surface area contributed by atoms with Gasteiger partial charge >= 0.3 is 0 Å². The summed E-state index contributed by atoms with van der Waals surface area (Å²) in [6.07, 6.45) is 0. The van der Waals surface area contributed by atoms with Crippen LogP contribution in [-0.4, -0.2) is 0 Å². The zero-order chi connectivity index (χ0) is 2.71. The predicted molar refractivity (Wildman–Crippen MR) is 26.8 cm³/mol. The number of hydrogen-bond acceptors (Lipinski definition) is 0. The Balaban J connectivity index is 0. The summed E-state index contributed by atoms with van der Waals surface area (Å²) in [6, 6.07) is 0. The third-order valence-corrected chi connectivity index (χ3v) is 0. The summed E-state index contributed by atoms with van der Waals surface area (Å²) in [6.45, 7) is 0. The van der Waals surface area contributed by atoms with Crippen molar-refractivity contribution >= 4 is 29.8 Å². The Hall–Kier alpha value is 1.01. The fourth-order valence-corrected chi connectivity index (χ4v) is 0. The van der Waals surface area contributed by atoms with Gasteiger partial charge in [-0.3, -0.25) is 0 Å². The molecule has 0 aliphatic heterocycles. The van der Waals surface area contributed by atoms with Crippen molar-refractivity contribution in [2.24, 2.45) is 0 Å². The molecule has 0 rings (SSSR count). The molecule has 0 aliphatic rings. The molecule has 0 radical (unpaired) electrons. The van der Waals surface area contributed by atoms with Crippen molar-refractivity contribution < 1.29 is 0 Å². The van der Waals surface area contributed by atoms with Gasteiger partial charge in [0.05, 0.1) is 7.29 Å². The van der Waals surface area contributed by atoms with Gasteiger partial charge in [-0.25, -0.2) is 0 Å². The first-order chi connectivity index (χ1) is 1.41. The molecule has 0 unspecified atom stereocenters. The second-order valence-electron chi connectivity index (χ2n) is 0.0714. The van der Waals surface area contributed by atoms with Gasteiger partial charge in [-0.1, -0.05) is 29.9 Å². The fourth-order valence-electron chi connectivity index (χ4n) is 0. The van der Waals surface area contributed by atoms with Gasteiger partial charge in [-0.15, -0.1) is 0 Å². The van der Waals surface area contributed by atoms with E-state index in [4.69, 9.17) is 22.5 Å². The standard InChI is InChI=1S/CH4.Cl2HP/c;1-3-2/h1H4;3H. The van der Waals surface area contributed by atoms with Crippen molar-refractivity contribution in [1.29, 1.82) is 0 Å². The largest absolute Gasteiger partial charge is 0.0818 e. The van der Waals surface area contributed by atoms with Gasteiger partial charge in [0.15, 0.2) is 0 Å². The van der Waals surface area contributed by atoms with Gasteiger partial charge in [-0.05, 0) is 0 Å². The maximum absolute atomic E-state index is 4.79. The Morgan fingerprint density at radius 2 is 1.25 bits per heavy atom. The van der Waals surface area contributed by atoms with Crippen LogP contribution in [0.15, 0.2) is 0 Å². The van der Waals surface area contributed by atoms with Crippen molar-refractivity contribution in [2.75, 3.05) is 0 Å². The van der Waals surface area contributed by atoms with Crippen molar-refractivity contribution in [3.05, 3.63) is 0 Å². The summed E-state index contributed by atoms with van der Waals surface area (Å²) in [5, 5.41) is 0. The minimum Gasteiger partial charge on any atom is -0.0818 e. The maximum Gasteiger partial charge on any atom is 0.0713 e. The zero-order valence-corrected chi connectivity index (χ0v) is 3.77. The highest BCUT2D eigenvalue weighted by atomic mass is 35.9. The van der Waals surface area contributed by atoms with Crippen LogP contribution in [0.4, 0.5) is 0 Å². The molecule has 0 heterocycles. The van der Waals surface area contributed by atoms with Crippen LogP contribution in [0, 0.1) is 0 Å². The third kappa shape index (κ3) is 11.9. The van der Waals surface area contributed by atoms with E-state index in [1.54, 1.807) is 0 Å². The van der Waals surface area contributed by atoms with E-state index in [1.165, 1.54) is 0 Å². The molecular formula is CH5Cl2P. The first-order valence-corrected chi connectivity index (χ1v) is 3.40. The average Bonchev–Trinajstić information content (AvgIpc) is 0.918. The molecule has 28 valence electrons. The van der Waals surface area contributed by atoms with Crippen LogP contribution in [0.1, 0.15) is 7.43 Å². The Kier molecular flexibility index (Phi) is 20.0. The molecule has 0 saturated heterocycles. The van der Waals surface area contributed by atoms with Crippen LogP contribution in [0.3, 0.4) is 0 Å². The van der Waals surface area contributed by atoms with Crippen LogP contribution in [0.5, 0.6) is 0 Å². The summed E-state index contributed by atoms with van der Waals surface area (Å²) < 4.78 is 0. The van der Waals surface area contributed by atoms with Crippen molar-refractivity contribution in [1.82, 2.24) is 0 Å². The van der Waals surface area contributed by atoms with Gasteiger partial charge in [0.25, 0.3) is 0 Å². The van der Waals surface area contributed by atoms with Crippen LogP contribution in [-0.2, 0) is 0 Å². The van der Waals surface area contributed by atoms with E-state index in [0.717, 1.165) is 0 Å². The Morgan fingerprint density at radius 1 is 1.25 bits per heavy atom. The van der Waals surface area contributed by atoms with Crippen molar-refractivity contribution in [3.63, 3.8) is 0 Å². The van der Waals surface area contributed by atoms with Gasteiger partial charge in [0.2, 0.25) is 0 Å². The van der Waals surface area contributed by atoms with E-state index in [1.807, 2.05) is 0 Å². The maximum atomic E-state index is 4.79. The summed E-state index contributed by atoms with van der Waals surface area (Å²) in [4.78, 5) is 0. The first kappa shape index (κ1) is 8.89. The van der Waals surface area contributed by atoms with Crippen molar-refractivity contribution in [3.8, 4) is 0 Å². The third-order valence-electron chi connectivity index (χ3n) is 0. The highest BCUT2D eigenvalue weighted by molar-refractivity contribution is 7.90. The molecule has 0 fully saturated rings. The molecule has 0 aromatic rings. The lowest BCUT2D eigenvalue weighted by atomic mass is 12.0. The number of halogens is 2. The molecule has 4 heavy (non-hydrogen) atoms. The number of rotatable bonds is 0. The quantitative estimate of drug-likeness (QED) is 0.430. The SMILES string of the molecule is C.ClPCl. The van der Waals surface area contributed by atoms with E-state index in [9.17, 15) is 0 Å². The van der Waals surface area contributed by atoms with E-state index in [2.05, 4.69) is 0 Å². The highest BCUT2D eigenvalue weighted by Crippen LogP contribution is 2.19. The summed E-state index contributed by atoms with van der Waals surface area (Å²) in [7, 11) is 0.0278. The topological polar surface area (TPSA) is 0 Å². The van der Waals surface area contributed by atoms with Crippen LogP contribution in [0.25, 0.3) is 0 Å². The molecule has 0 bridgehead atoms. The van der Waals surface area contributed by atoms with E-state index >= 15 is 0 Å². The molecule has 0 atom stereocenters. The van der Waals surface area contributed by atoms with Gasteiger partial charge < -0.3 is 0 Å². The smallest absolute Gasteiger partial charge is 0.0713 e. The predicted octanol–water partition coefficient (Wildman–Crippen LogP) is 2.61. The monoisotopic (exact) mass is 118 g/mol. The molecule has 0 aromatic carbocycles. The average molecular weight is 119 g/mol. The Morgan fingerprint density at radius 3 is 1.25 bits per heavy atom. The van der Waals surface area contributed by atoms with Gasteiger partial charge in [0.1, 0.15) is 0 Å². The highest BCUT2D eigenvalue weighted by Gasteiger charge is 1.41. The lowest BCUT2D eigenvalue weighted by Crippen LogP contribution is -0.641. The van der Waals surface area contributed by atoms with Gasteiger partial charge in [-0.2, -0.15) is 0 Å². The van der Waals surface area contributed by atoms with Crippen molar-refractivity contribution in [2.45, 2.75) is 7.43 Å². The summed E-state index contributed by atoms with van der Waals surface area (Å²) >= 11 is 9.58. The van der Waals surface area contributed by atoms with Crippen LogP contribution < -0.4 is 0 Å². The number of hydrogen-bond donors (Lipinski definition) is 0. The Labute approximate surface area is 37.9 Å². The lowest BCUT2D eigenvalue weighted by Gasteiger charge is -1.42. The van der Waals surface area contributed by atoms with E-state index in [-0.39, 0.29) is 14.7 Å². The normalized spacial score (nSPS) is 4.50. The molecule has 0 amide bonds. The summed E-state index contributed by atoms with van der Waals surface area (Å²) in [5.41, 5.74) is 0. The first-order valence-electron chi connectivity index (χ1n) is 0.378. The van der Waals surface area contributed by atoms with Gasteiger partial charge in [0, 0.05) is 0 Å². The minimum absolute atomic E-state index is 0. The molecule has 0 N–H and O–H groups in total. The van der Waals surface area contributed by atoms with Crippen LogP contribution in [0.2, 0.25) is 0 Å². The second-order valence-corrected chi connectivity index (χ2v) is 1.93. The van der Waals surface area contributed by atoms with E-state index in [0.29, 0.717) is 0 Å².